The molecule has 3 nitrogen and oxygen atoms in total. The first-order valence-corrected chi connectivity index (χ1v) is 11.4. The third kappa shape index (κ3) is 7.32. The summed E-state index contributed by atoms with van der Waals surface area (Å²) in [5.74, 6) is 0. The van der Waals surface area contributed by atoms with Crippen LogP contribution in [0.2, 0.25) is 0 Å². The van der Waals surface area contributed by atoms with Crippen molar-refractivity contribution in [3.8, 4) is 0 Å². The minimum absolute atomic E-state index is 0.788. The molecule has 0 unspecified atom stereocenters. The number of hydrogen-bond acceptors (Lipinski definition) is 3. The predicted octanol–water partition coefficient (Wildman–Crippen LogP) is 6.09. The Balaban J connectivity index is 1.43. The maximum atomic E-state index is 9.35. The number of aryl methyl sites for hydroxylation is 2. The van der Waals surface area contributed by atoms with Crippen molar-refractivity contribution in [3.05, 3.63) is 71.3 Å². The summed E-state index contributed by atoms with van der Waals surface area (Å²) in [6.07, 6.45) is 12.1. The van der Waals surface area contributed by atoms with E-state index in [1.807, 2.05) is 30.3 Å². The molecule has 2 aromatic rings. The van der Waals surface area contributed by atoms with E-state index in [2.05, 4.69) is 34.3 Å². The fourth-order valence-electron chi connectivity index (χ4n) is 4.39. The molecule has 2 aromatic carbocycles. The second-order valence-corrected chi connectivity index (χ2v) is 8.25. The highest BCUT2D eigenvalue weighted by molar-refractivity contribution is 6.00. The van der Waals surface area contributed by atoms with E-state index < -0.39 is 0 Å². The Hall–Kier alpha value is -2.13. The summed E-state index contributed by atoms with van der Waals surface area (Å²) >= 11 is 0. The fourth-order valence-corrected chi connectivity index (χ4v) is 4.39. The number of oxime groups is 1. The molecule has 3 heteroatoms. The summed E-state index contributed by atoms with van der Waals surface area (Å²) in [5, 5.41) is 12.9. The molecule has 1 saturated heterocycles. The van der Waals surface area contributed by atoms with Gasteiger partial charge < -0.3 is 10.1 Å². The van der Waals surface area contributed by atoms with Crippen LogP contribution in [0.1, 0.15) is 68.1 Å². The van der Waals surface area contributed by atoms with Gasteiger partial charge in [-0.2, -0.15) is 0 Å². The maximum Gasteiger partial charge on any atom is 0.0867 e. The topological polar surface area (TPSA) is 35.8 Å². The van der Waals surface area contributed by atoms with Gasteiger partial charge in [0.05, 0.1) is 5.71 Å². The lowest BCUT2D eigenvalue weighted by Gasteiger charge is -2.20. The number of nitrogens with zero attached hydrogens (tertiary/aromatic N) is 2. The van der Waals surface area contributed by atoms with Crippen LogP contribution in [0, 0.1) is 0 Å². The largest absolute Gasteiger partial charge is 0.411 e. The Bertz CT molecular complexity index is 733. The van der Waals surface area contributed by atoms with E-state index in [1.54, 1.807) is 0 Å². The molecule has 0 spiro atoms. The van der Waals surface area contributed by atoms with Crippen molar-refractivity contribution in [2.24, 2.45) is 5.16 Å². The van der Waals surface area contributed by atoms with Gasteiger partial charge in [-0.25, -0.2) is 0 Å². The molecule has 0 aliphatic carbocycles. The van der Waals surface area contributed by atoms with Crippen LogP contribution < -0.4 is 0 Å². The van der Waals surface area contributed by atoms with Crippen molar-refractivity contribution < 1.29 is 5.21 Å². The predicted molar refractivity (Wildman–Crippen MR) is 122 cm³/mol. The molecule has 156 valence electrons. The van der Waals surface area contributed by atoms with Gasteiger partial charge >= 0.3 is 0 Å². The lowest BCUT2D eigenvalue weighted by atomic mass is 9.97. The van der Waals surface area contributed by atoms with Crippen LogP contribution in [0.5, 0.6) is 0 Å². The normalized spacial score (nSPS) is 15.9. The summed E-state index contributed by atoms with van der Waals surface area (Å²) in [6, 6.07) is 18.9. The van der Waals surface area contributed by atoms with Gasteiger partial charge in [0.2, 0.25) is 0 Å². The van der Waals surface area contributed by atoms with Crippen LogP contribution in [-0.4, -0.2) is 35.5 Å². The number of likely N-dealkylation sites (tertiary alicyclic amines) is 1. The zero-order valence-corrected chi connectivity index (χ0v) is 17.7. The molecule has 1 fully saturated rings. The third-order valence-corrected chi connectivity index (χ3v) is 6.07. The van der Waals surface area contributed by atoms with Gasteiger partial charge in [-0.3, -0.25) is 0 Å². The van der Waals surface area contributed by atoms with Crippen LogP contribution in [0.4, 0.5) is 0 Å². The van der Waals surface area contributed by atoms with Gasteiger partial charge in [-0.05, 0) is 87.7 Å². The zero-order valence-electron chi connectivity index (χ0n) is 17.7. The highest BCUT2D eigenvalue weighted by atomic mass is 16.4. The summed E-state index contributed by atoms with van der Waals surface area (Å²) < 4.78 is 0. The van der Waals surface area contributed by atoms with Gasteiger partial charge in [-0.1, -0.05) is 72.6 Å². The molecule has 0 aromatic heterocycles. The lowest BCUT2D eigenvalue weighted by molar-refractivity contribution is 0.281. The molecular weight excluding hydrogens is 356 g/mol. The van der Waals surface area contributed by atoms with Crippen LogP contribution in [-0.2, 0) is 12.8 Å². The smallest absolute Gasteiger partial charge is 0.0867 e. The van der Waals surface area contributed by atoms with Crippen LogP contribution in [0.15, 0.2) is 59.8 Å². The molecule has 1 heterocycles. The van der Waals surface area contributed by atoms with Gasteiger partial charge in [0.1, 0.15) is 0 Å². The van der Waals surface area contributed by atoms with E-state index in [0.29, 0.717) is 0 Å². The average molecular weight is 393 g/mol. The second-order valence-electron chi connectivity index (χ2n) is 8.25. The van der Waals surface area contributed by atoms with Crippen molar-refractivity contribution in [3.63, 3.8) is 0 Å². The van der Waals surface area contributed by atoms with E-state index in [9.17, 15) is 5.21 Å². The molecule has 0 saturated carbocycles. The highest BCUT2D eigenvalue weighted by Gasteiger charge is 2.09. The van der Waals surface area contributed by atoms with Crippen molar-refractivity contribution in [2.45, 2.75) is 64.2 Å². The Morgan fingerprint density at radius 1 is 0.759 bits per heavy atom. The molecule has 3 rings (SSSR count). The van der Waals surface area contributed by atoms with Crippen molar-refractivity contribution in [1.29, 1.82) is 0 Å². The van der Waals surface area contributed by atoms with E-state index >= 15 is 0 Å². The monoisotopic (exact) mass is 392 g/mol. The summed E-state index contributed by atoms with van der Waals surface area (Å²) in [6.45, 7) is 3.82. The fraction of sp³-hybridized carbons (Fsp3) is 0.500. The summed E-state index contributed by atoms with van der Waals surface area (Å²) in [4.78, 5) is 2.66. The highest BCUT2D eigenvalue weighted by Crippen LogP contribution is 2.17. The van der Waals surface area contributed by atoms with Gasteiger partial charge in [0, 0.05) is 0 Å². The Labute approximate surface area is 176 Å². The van der Waals surface area contributed by atoms with E-state index in [0.717, 1.165) is 37.0 Å². The Kier molecular flexibility index (Phi) is 9.25. The molecule has 1 aliphatic heterocycles. The van der Waals surface area contributed by atoms with E-state index in [4.69, 9.17) is 0 Å². The Morgan fingerprint density at radius 3 is 2.03 bits per heavy atom. The van der Waals surface area contributed by atoms with E-state index in [-0.39, 0.29) is 0 Å². The maximum absolute atomic E-state index is 9.35. The van der Waals surface area contributed by atoms with Gasteiger partial charge in [0.25, 0.3) is 0 Å². The third-order valence-electron chi connectivity index (χ3n) is 6.07. The van der Waals surface area contributed by atoms with Gasteiger partial charge in [-0.15, -0.1) is 0 Å². The average Bonchev–Trinajstić information content (AvgIpc) is 3.04. The second kappa shape index (κ2) is 12.4. The molecule has 0 atom stereocenters. The molecule has 0 bridgehead atoms. The number of unbranched alkanes of at least 4 members (excludes halogenated alkanes) is 1. The quantitative estimate of drug-likeness (QED) is 0.230. The molecule has 1 N–H and O–H groups in total. The number of rotatable bonds is 10. The summed E-state index contributed by atoms with van der Waals surface area (Å²) in [5.41, 5.74) is 4.81. The number of hydrogen-bond donors (Lipinski definition) is 1. The van der Waals surface area contributed by atoms with Crippen molar-refractivity contribution in [1.82, 2.24) is 4.90 Å². The SMILES string of the molecule is ON=C(CCCCc1ccccc1CCCN1CCCCCC1)c1ccccc1. The van der Waals surface area contributed by atoms with Gasteiger partial charge in [0.15, 0.2) is 0 Å². The molecule has 1 aliphatic rings. The standard InChI is InChI=1S/C26H36N2O/c29-27-26(25-16-4-3-5-17-25)19-9-8-15-23-13-6-7-14-24(23)18-12-22-28-20-10-1-2-11-21-28/h3-7,13-14,16-17,29H,1-2,8-12,15,18-22H2. The first-order valence-electron chi connectivity index (χ1n) is 11.4. The zero-order chi connectivity index (χ0) is 20.2. The van der Waals surface area contributed by atoms with E-state index in [1.165, 1.54) is 69.3 Å². The first-order chi connectivity index (χ1) is 14.4. The van der Waals surface area contributed by atoms with Crippen LogP contribution >= 0.6 is 0 Å². The minimum Gasteiger partial charge on any atom is -0.411 e. The lowest BCUT2D eigenvalue weighted by Crippen LogP contribution is -2.26. The molecule has 29 heavy (non-hydrogen) atoms. The summed E-state index contributed by atoms with van der Waals surface area (Å²) in [7, 11) is 0. The molecule has 0 radical (unpaired) electrons. The minimum atomic E-state index is 0.788. The van der Waals surface area contributed by atoms with Crippen LogP contribution in [0.3, 0.4) is 0 Å². The molecular formula is C26H36N2O. The van der Waals surface area contributed by atoms with Crippen LogP contribution in [0.25, 0.3) is 0 Å². The van der Waals surface area contributed by atoms with Crippen molar-refractivity contribution >= 4 is 5.71 Å². The first kappa shape index (κ1) is 21.6. The molecule has 0 amide bonds. The number of benzene rings is 2. The van der Waals surface area contributed by atoms with Crippen molar-refractivity contribution in [2.75, 3.05) is 19.6 Å². The Morgan fingerprint density at radius 2 is 1.38 bits per heavy atom.